The van der Waals surface area contributed by atoms with Crippen LogP contribution < -0.4 is 5.32 Å². The minimum absolute atomic E-state index is 0.0139. The minimum Gasteiger partial charge on any atom is -0.459 e. The maximum Gasteiger partial charge on any atom is 0.286 e. The summed E-state index contributed by atoms with van der Waals surface area (Å²) in [5.74, 6) is -0.379. The van der Waals surface area contributed by atoms with E-state index in [4.69, 9.17) is 27.6 Å². The summed E-state index contributed by atoms with van der Waals surface area (Å²) in [5.41, 5.74) is 0. The molecule has 1 aliphatic heterocycles. The first-order chi connectivity index (χ1) is 13.8. The van der Waals surface area contributed by atoms with Crippen LogP contribution in [0.2, 0.25) is 10.0 Å². The molecule has 156 valence electrons. The Balaban J connectivity index is 1.51. The van der Waals surface area contributed by atoms with E-state index in [0.717, 1.165) is 0 Å². The van der Waals surface area contributed by atoms with Gasteiger partial charge in [-0.15, -0.1) is 0 Å². The molecule has 11 heteroatoms. The average molecular weight is 460 g/mol. The Kier molecular flexibility index (Phi) is 6.84. The van der Waals surface area contributed by atoms with Crippen molar-refractivity contribution >= 4 is 45.0 Å². The highest BCUT2D eigenvalue weighted by Gasteiger charge is 2.31. The number of halogens is 2. The Bertz CT molecular complexity index is 987. The van der Waals surface area contributed by atoms with Gasteiger partial charge in [0, 0.05) is 39.1 Å². The Labute approximate surface area is 178 Å². The van der Waals surface area contributed by atoms with Gasteiger partial charge in [-0.2, -0.15) is 4.31 Å². The first-order valence-corrected chi connectivity index (χ1v) is 11.0. The van der Waals surface area contributed by atoms with Crippen molar-refractivity contribution in [2.75, 3.05) is 32.7 Å². The van der Waals surface area contributed by atoms with E-state index >= 15 is 0 Å². The van der Waals surface area contributed by atoms with Crippen LogP contribution in [-0.2, 0) is 14.8 Å². The van der Waals surface area contributed by atoms with Crippen LogP contribution in [0, 0.1) is 0 Å². The number of carbonyl (C=O) groups excluding carboxylic acids is 2. The molecule has 2 amide bonds. The maximum absolute atomic E-state index is 12.8. The van der Waals surface area contributed by atoms with E-state index in [2.05, 4.69) is 5.32 Å². The Morgan fingerprint density at radius 3 is 2.45 bits per heavy atom. The fraction of sp³-hybridized carbons (Fsp3) is 0.333. The Morgan fingerprint density at radius 2 is 1.79 bits per heavy atom. The summed E-state index contributed by atoms with van der Waals surface area (Å²) in [6.07, 6.45) is 1.50. The molecule has 1 fully saturated rings. The minimum atomic E-state index is -3.81. The predicted molar refractivity (Wildman–Crippen MR) is 107 cm³/mol. The fourth-order valence-corrected chi connectivity index (χ4v) is 5.09. The largest absolute Gasteiger partial charge is 0.459 e. The topological polar surface area (TPSA) is 99.9 Å². The van der Waals surface area contributed by atoms with Crippen molar-refractivity contribution in [1.29, 1.82) is 0 Å². The molecular weight excluding hydrogens is 441 g/mol. The van der Waals surface area contributed by atoms with Gasteiger partial charge in [0.05, 0.1) is 16.3 Å². The number of hydrogen-bond donors (Lipinski definition) is 1. The van der Waals surface area contributed by atoms with Crippen LogP contribution in [0.15, 0.2) is 45.9 Å². The molecule has 29 heavy (non-hydrogen) atoms. The molecule has 0 aliphatic carbocycles. The van der Waals surface area contributed by atoms with Crippen molar-refractivity contribution in [1.82, 2.24) is 14.5 Å². The molecule has 1 aromatic carbocycles. The predicted octanol–water partition coefficient (Wildman–Crippen LogP) is 2.24. The second-order valence-corrected chi connectivity index (χ2v) is 9.01. The zero-order chi connectivity index (χ0) is 21.0. The third kappa shape index (κ3) is 4.92. The van der Waals surface area contributed by atoms with Crippen molar-refractivity contribution in [3.63, 3.8) is 0 Å². The van der Waals surface area contributed by atoms with E-state index in [1.54, 1.807) is 11.0 Å². The highest BCUT2D eigenvalue weighted by Crippen LogP contribution is 2.31. The van der Waals surface area contributed by atoms with Gasteiger partial charge in [-0.05, 0) is 24.3 Å². The highest BCUT2D eigenvalue weighted by atomic mass is 35.5. The first-order valence-electron chi connectivity index (χ1n) is 8.84. The molecule has 2 heterocycles. The number of nitrogens with zero attached hydrogens (tertiary/aromatic N) is 2. The lowest BCUT2D eigenvalue weighted by Crippen LogP contribution is -2.50. The third-order valence-electron chi connectivity index (χ3n) is 4.49. The van der Waals surface area contributed by atoms with Gasteiger partial charge in [-0.1, -0.05) is 29.3 Å². The molecule has 0 atom stereocenters. The van der Waals surface area contributed by atoms with Crippen molar-refractivity contribution in [2.45, 2.75) is 11.3 Å². The van der Waals surface area contributed by atoms with Gasteiger partial charge < -0.3 is 14.6 Å². The van der Waals surface area contributed by atoms with Crippen LogP contribution in [-0.4, -0.2) is 62.2 Å². The lowest BCUT2D eigenvalue weighted by Gasteiger charge is -2.34. The Hall–Kier alpha value is -2.07. The number of nitrogens with one attached hydrogen (secondary N) is 1. The molecule has 0 saturated carbocycles. The maximum atomic E-state index is 12.8. The molecule has 0 unspecified atom stereocenters. The van der Waals surface area contributed by atoms with E-state index in [1.807, 2.05) is 0 Å². The zero-order valence-electron chi connectivity index (χ0n) is 15.3. The van der Waals surface area contributed by atoms with Crippen LogP contribution in [0.4, 0.5) is 0 Å². The number of rotatable bonds is 6. The van der Waals surface area contributed by atoms with Gasteiger partial charge in [0.25, 0.3) is 5.91 Å². The number of hydrogen-bond acceptors (Lipinski definition) is 5. The number of amides is 2. The monoisotopic (exact) mass is 459 g/mol. The van der Waals surface area contributed by atoms with Crippen molar-refractivity contribution < 1.29 is 22.4 Å². The van der Waals surface area contributed by atoms with Crippen LogP contribution in [0.3, 0.4) is 0 Å². The summed E-state index contributed by atoms with van der Waals surface area (Å²) in [6.45, 7) is 0.963. The molecule has 1 aromatic heterocycles. The second kappa shape index (κ2) is 9.17. The van der Waals surface area contributed by atoms with E-state index in [1.165, 1.54) is 34.8 Å². The first kappa shape index (κ1) is 21.6. The summed E-state index contributed by atoms with van der Waals surface area (Å²) >= 11 is 12.0. The average Bonchev–Trinajstić information content (AvgIpc) is 3.25. The van der Waals surface area contributed by atoms with Gasteiger partial charge in [-0.25, -0.2) is 8.42 Å². The molecule has 3 rings (SSSR count). The number of sulfonamides is 1. The van der Waals surface area contributed by atoms with Crippen molar-refractivity contribution in [2.24, 2.45) is 0 Å². The molecular formula is C18H19Cl2N3O5S. The summed E-state index contributed by atoms with van der Waals surface area (Å²) in [4.78, 5) is 25.6. The summed E-state index contributed by atoms with van der Waals surface area (Å²) in [6, 6.07) is 7.58. The lowest BCUT2D eigenvalue weighted by atomic mass is 10.3. The van der Waals surface area contributed by atoms with Crippen LogP contribution >= 0.6 is 23.2 Å². The molecule has 1 N–H and O–H groups in total. The van der Waals surface area contributed by atoms with E-state index in [0.29, 0.717) is 0 Å². The number of carbonyl (C=O) groups is 2. The van der Waals surface area contributed by atoms with Crippen molar-refractivity contribution in [3.05, 3.63) is 52.4 Å². The van der Waals surface area contributed by atoms with E-state index in [9.17, 15) is 18.0 Å². The normalized spacial score (nSPS) is 15.3. The van der Waals surface area contributed by atoms with Gasteiger partial charge >= 0.3 is 0 Å². The third-order valence-corrected chi connectivity index (χ3v) is 7.37. The fourth-order valence-electron chi connectivity index (χ4n) is 2.94. The van der Waals surface area contributed by atoms with E-state index in [-0.39, 0.29) is 65.8 Å². The number of piperazine rings is 1. The number of benzene rings is 1. The van der Waals surface area contributed by atoms with Gasteiger partial charge in [0.2, 0.25) is 15.9 Å². The molecule has 1 aliphatic rings. The second-order valence-electron chi connectivity index (χ2n) is 6.32. The van der Waals surface area contributed by atoms with Crippen LogP contribution in [0.5, 0.6) is 0 Å². The summed E-state index contributed by atoms with van der Waals surface area (Å²) < 4.78 is 31.9. The van der Waals surface area contributed by atoms with Gasteiger partial charge in [-0.3, -0.25) is 9.59 Å². The standard InChI is InChI=1S/C18H19Cl2N3O5S/c19-13-3-1-5-15(17(13)20)29(26,27)23-10-8-22(9-11-23)16(24)6-7-21-18(25)14-4-2-12-28-14/h1-5,12H,6-11H2,(H,21,25). The quantitative estimate of drug-likeness (QED) is 0.713. The summed E-state index contributed by atoms with van der Waals surface area (Å²) in [5, 5.41) is 2.76. The van der Waals surface area contributed by atoms with Gasteiger partial charge in [0.15, 0.2) is 5.76 Å². The zero-order valence-corrected chi connectivity index (χ0v) is 17.6. The molecule has 0 spiro atoms. The number of furan rings is 1. The molecule has 8 nitrogen and oxygen atoms in total. The highest BCUT2D eigenvalue weighted by molar-refractivity contribution is 7.89. The van der Waals surface area contributed by atoms with Crippen LogP contribution in [0.1, 0.15) is 17.0 Å². The molecule has 1 saturated heterocycles. The van der Waals surface area contributed by atoms with Crippen molar-refractivity contribution in [3.8, 4) is 0 Å². The van der Waals surface area contributed by atoms with Gasteiger partial charge in [0.1, 0.15) is 4.90 Å². The Morgan fingerprint density at radius 1 is 1.07 bits per heavy atom. The summed E-state index contributed by atoms with van der Waals surface area (Å²) in [7, 11) is -3.81. The smallest absolute Gasteiger partial charge is 0.286 e. The molecule has 2 aromatic rings. The van der Waals surface area contributed by atoms with E-state index < -0.39 is 15.9 Å². The van der Waals surface area contributed by atoms with Crippen LogP contribution in [0.25, 0.3) is 0 Å². The molecule has 0 radical (unpaired) electrons. The molecule has 0 bridgehead atoms. The lowest BCUT2D eigenvalue weighted by molar-refractivity contribution is -0.132. The SMILES string of the molecule is O=C(NCCC(=O)N1CCN(S(=O)(=O)c2cccc(Cl)c2Cl)CC1)c1ccco1.